The molecule has 1 unspecified atom stereocenters. The number of aryl methyl sites for hydroxylation is 2. The van der Waals surface area contributed by atoms with E-state index in [0.717, 1.165) is 5.82 Å². The number of aromatic nitrogens is 4. The van der Waals surface area contributed by atoms with Crippen molar-refractivity contribution in [3.63, 3.8) is 0 Å². The molecule has 0 aliphatic carbocycles. The summed E-state index contributed by atoms with van der Waals surface area (Å²) in [6, 6.07) is -0.191. The first-order chi connectivity index (χ1) is 9.00. The molecular formula is C12H17N5O2. The van der Waals surface area contributed by atoms with E-state index >= 15 is 0 Å². The van der Waals surface area contributed by atoms with Crippen molar-refractivity contribution in [1.29, 1.82) is 0 Å². The lowest BCUT2D eigenvalue weighted by molar-refractivity contribution is 0.0912. The molecule has 2 aromatic heterocycles. The third-order valence-electron chi connectivity index (χ3n) is 2.96. The first-order valence-corrected chi connectivity index (χ1v) is 6.08. The molecular weight excluding hydrogens is 246 g/mol. The number of carbonyl (C=O) groups excluding carboxylic acids is 1. The van der Waals surface area contributed by atoms with Gasteiger partial charge in [0.25, 0.3) is 5.91 Å². The molecule has 1 atom stereocenters. The standard InChI is InChI=1S/C12H17N5O2/c1-7(2)9(11-13-5-6-17(11)4)14-12(18)10-8(3)15-19-16-10/h5-7,9H,1-4H3,(H,14,18). The second kappa shape index (κ2) is 5.21. The van der Waals surface area contributed by atoms with E-state index in [1.54, 1.807) is 13.1 Å². The SMILES string of the molecule is Cc1nonc1C(=O)NC(c1nccn1C)C(C)C. The number of nitrogens with zero attached hydrogens (tertiary/aromatic N) is 4. The topological polar surface area (TPSA) is 85.8 Å². The summed E-state index contributed by atoms with van der Waals surface area (Å²) in [7, 11) is 1.90. The Hall–Kier alpha value is -2.18. The van der Waals surface area contributed by atoms with Crippen molar-refractivity contribution in [3.8, 4) is 0 Å². The lowest BCUT2D eigenvalue weighted by Gasteiger charge is -2.21. The van der Waals surface area contributed by atoms with E-state index < -0.39 is 0 Å². The van der Waals surface area contributed by atoms with E-state index in [2.05, 4.69) is 25.2 Å². The average molecular weight is 263 g/mol. The van der Waals surface area contributed by atoms with Crippen molar-refractivity contribution >= 4 is 5.91 Å². The molecule has 2 rings (SSSR count). The maximum atomic E-state index is 12.1. The van der Waals surface area contributed by atoms with Crippen LogP contribution in [-0.4, -0.2) is 25.8 Å². The van der Waals surface area contributed by atoms with E-state index in [1.807, 2.05) is 31.7 Å². The van der Waals surface area contributed by atoms with Crippen LogP contribution in [0, 0.1) is 12.8 Å². The molecule has 0 saturated carbocycles. The van der Waals surface area contributed by atoms with Gasteiger partial charge in [-0.2, -0.15) is 0 Å². The van der Waals surface area contributed by atoms with Gasteiger partial charge >= 0.3 is 0 Å². The van der Waals surface area contributed by atoms with Gasteiger partial charge in [0.15, 0.2) is 5.69 Å². The molecule has 0 aromatic carbocycles. The Morgan fingerprint density at radius 2 is 2.16 bits per heavy atom. The normalized spacial score (nSPS) is 12.7. The van der Waals surface area contributed by atoms with Gasteiger partial charge in [0.05, 0.1) is 6.04 Å². The Morgan fingerprint density at radius 1 is 1.42 bits per heavy atom. The molecule has 0 fully saturated rings. The predicted molar refractivity (Wildman–Crippen MR) is 67.3 cm³/mol. The highest BCUT2D eigenvalue weighted by Crippen LogP contribution is 2.20. The van der Waals surface area contributed by atoms with Crippen LogP contribution in [0.3, 0.4) is 0 Å². The summed E-state index contributed by atoms with van der Waals surface area (Å²) in [5.41, 5.74) is 0.680. The average Bonchev–Trinajstić information content (AvgIpc) is 2.94. The van der Waals surface area contributed by atoms with Crippen molar-refractivity contribution in [1.82, 2.24) is 25.2 Å². The molecule has 102 valence electrons. The maximum absolute atomic E-state index is 12.1. The summed E-state index contributed by atoms with van der Waals surface area (Å²) in [4.78, 5) is 16.4. The number of nitrogens with one attached hydrogen (secondary N) is 1. The number of amides is 1. The zero-order chi connectivity index (χ0) is 14.0. The van der Waals surface area contributed by atoms with Crippen LogP contribution in [0.25, 0.3) is 0 Å². The fraction of sp³-hybridized carbons (Fsp3) is 0.500. The Labute approximate surface area is 111 Å². The Kier molecular flexibility index (Phi) is 3.64. The minimum atomic E-state index is -0.305. The zero-order valence-corrected chi connectivity index (χ0v) is 11.4. The fourth-order valence-electron chi connectivity index (χ4n) is 1.85. The third kappa shape index (κ3) is 2.64. The van der Waals surface area contributed by atoms with Crippen LogP contribution in [0.15, 0.2) is 17.0 Å². The van der Waals surface area contributed by atoms with Crippen LogP contribution in [-0.2, 0) is 7.05 Å². The van der Waals surface area contributed by atoms with Gasteiger partial charge in [0.2, 0.25) is 0 Å². The molecule has 1 amide bonds. The lowest BCUT2D eigenvalue weighted by Crippen LogP contribution is -2.34. The Balaban J connectivity index is 2.21. The highest BCUT2D eigenvalue weighted by molar-refractivity contribution is 5.93. The number of hydrogen-bond donors (Lipinski definition) is 1. The molecule has 2 heterocycles. The first-order valence-electron chi connectivity index (χ1n) is 6.08. The molecule has 1 N–H and O–H groups in total. The van der Waals surface area contributed by atoms with Crippen LogP contribution in [0.2, 0.25) is 0 Å². The number of carbonyl (C=O) groups is 1. The van der Waals surface area contributed by atoms with Gasteiger partial charge < -0.3 is 9.88 Å². The van der Waals surface area contributed by atoms with Gasteiger partial charge in [0, 0.05) is 19.4 Å². The minimum absolute atomic E-state index is 0.191. The van der Waals surface area contributed by atoms with Crippen molar-refractivity contribution in [2.45, 2.75) is 26.8 Å². The van der Waals surface area contributed by atoms with E-state index in [1.165, 1.54) is 0 Å². The Bertz CT molecular complexity index is 572. The van der Waals surface area contributed by atoms with E-state index in [-0.39, 0.29) is 23.6 Å². The van der Waals surface area contributed by atoms with Crippen LogP contribution in [0.1, 0.15) is 41.9 Å². The van der Waals surface area contributed by atoms with Gasteiger partial charge in [-0.3, -0.25) is 4.79 Å². The molecule has 0 spiro atoms. The summed E-state index contributed by atoms with van der Waals surface area (Å²) in [6.07, 6.45) is 3.56. The highest BCUT2D eigenvalue weighted by Gasteiger charge is 2.25. The van der Waals surface area contributed by atoms with Crippen molar-refractivity contribution in [2.24, 2.45) is 13.0 Å². The van der Waals surface area contributed by atoms with Gasteiger partial charge in [-0.25, -0.2) is 9.61 Å². The number of rotatable bonds is 4. The summed E-state index contributed by atoms with van der Waals surface area (Å²) < 4.78 is 6.43. The minimum Gasteiger partial charge on any atom is -0.340 e. The summed E-state index contributed by atoms with van der Waals surface area (Å²) in [5, 5.41) is 10.1. The van der Waals surface area contributed by atoms with Gasteiger partial charge in [0.1, 0.15) is 11.5 Å². The molecule has 7 nitrogen and oxygen atoms in total. The monoisotopic (exact) mass is 263 g/mol. The van der Waals surface area contributed by atoms with Crippen LogP contribution < -0.4 is 5.32 Å². The first kappa shape index (κ1) is 13.3. The van der Waals surface area contributed by atoms with E-state index in [0.29, 0.717) is 5.69 Å². The van der Waals surface area contributed by atoms with Crippen LogP contribution in [0.4, 0.5) is 0 Å². The second-order valence-corrected chi connectivity index (χ2v) is 4.79. The summed E-state index contributed by atoms with van der Waals surface area (Å²) in [5.74, 6) is 0.697. The Morgan fingerprint density at radius 3 is 2.63 bits per heavy atom. The molecule has 0 saturated heterocycles. The molecule has 0 aliphatic rings. The van der Waals surface area contributed by atoms with Crippen LogP contribution >= 0.6 is 0 Å². The molecule has 19 heavy (non-hydrogen) atoms. The lowest BCUT2D eigenvalue weighted by atomic mass is 10.0. The predicted octanol–water partition coefficient (Wildman–Crippen LogP) is 1.24. The van der Waals surface area contributed by atoms with Crippen molar-refractivity contribution in [2.75, 3.05) is 0 Å². The van der Waals surface area contributed by atoms with Gasteiger partial charge in [-0.15, -0.1) is 0 Å². The summed E-state index contributed by atoms with van der Waals surface area (Å²) in [6.45, 7) is 5.72. The molecule has 7 heteroatoms. The van der Waals surface area contributed by atoms with Crippen molar-refractivity contribution < 1.29 is 9.42 Å². The number of hydrogen-bond acceptors (Lipinski definition) is 5. The highest BCUT2D eigenvalue weighted by atomic mass is 16.6. The van der Waals surface area contributed by atoms with E-state index in [4.69, 9.17) is 0 Å². The maximum Gasteiger partial charge on any atom is 0.276 e. The smallest absolute Gasteiger partial charge is 0.276 e. The zero-order valence-electron chi connectivity index (χ0n) is 11.4. The van der Waals surface area contributed by atoms with Gasteiger partial charge in [-0.05, 0) is 18.0 Å². The molecule has 0 radical (unpaired) electrons. The van der Waals surface area contributed by atoms with Crippen molar-refractivity contribution in [3.05, 3.63) is 29.6 Å². The van der Waals surface area contributed by atoms with Crippen LogP contribution in [0.5, 0.6) is 0 Å². The second-order valence-electron chi connectivity index (χ2n) is 4.79. The third-order valence-corrected chi connectivity index (χ3v) is 2.96. The largest absolute Gasteiger partial charge is 0.340 e. The molecule has 2 aromatic rings. The fourth-order valence-corrected chi connectivity index (χ4v) is 1.85. The molecule has 0 aliphatic heterocycles. The van der Waals surface area contributed by atoms with Gasteiger partial charge in [-0.1, -0.05) is 19.0 Å². The summed E-state index contributed by atoms with van der Waals surface area (Å²) >= 11 is 0. The molecule has 0 bridgehead atoms. The quantitative estimate of drug-likeness (QED) is 0.896. The number of imidazole rings is 1. The van der Waals surface area contributed by atoms with E-state index in [9.17, 15) is 4.79 Å².